The zero-order valence-electron chi connectivity index (χ0n) is 18.0. The summed E-state index contributed by atoms with van der Waals surface area (Å²) < 4.78 is 12.4. The number of hydrogen-bond acceptors (Lipinski definition) is 6. The standard InChI is InChI=1S/C24H29IN2O5/c1-31-20-8-4-2-6-16(20)10-11-26-19-14-17(24(30)27-12-13-28)15-22(23(19)29)32-21-9-5-3-7-18(21)25/h2-9,15,19,22-23,26,28-29H,10-14H2,1H3,(H,27,30). The largest absolute Gasteiger partial charge is 0.496 e. The number of rotatable bonds is 10. The monoisotopic (exact) mass is 552 g/mol. The first-order valence-electron chi connectivity index (χ1n) is 10.6. The van der Waals surface area contributed by atoms with Gasteiger partial charge in [-0.25, -0.2) is 0 Å². The maximum absolute atomic E-state index is 12.6. The Hall–Kier alpha value is -2.14. The van der Waals surface area contributed by atoms with Crippen molar-refractivity contribution in [2.75, 3.05) is 26.8 Å². The quantitative estimate of drug-likeness (QED) is 0.337. The first-order chi connectivity index (χ1) is 15.5. The van der Waals surface area contributed by atoms with Crippen molar-refractivity contribution < 1.29 is 24.5 Å². The van der Waals surface area contributed by atoms with Gasteiger partial charge in [0.25, 0.3) is 0 Å². The number of benzene rings is 2. The van der Waals surface area contributed by atoms with Crippen LogP contribution in [0.1, 0.15) is 12.0 Å². The third kappa shape index (κ3) is 6.44. The van der Waals surface area contributed by atoms with E-state index in [9.17, 15) is 9.90 Å². The zero-order valence-corrected chi connectivity index (χ0v) is 20.1. The molecule has 7 nitrogen and oxygen atoms in total. The van der Waals surface area contributed by atoms with Gasteiger partial charge in [0, 0.05) is 18.2 Å². The van der Waals surface area contributed by atoms with Crippen LogP contribution in [-0.2, 0) is 11.2 Å². The Kier molecular flexibility index (Phi) is 9.34. The lowest BCUT2D eigenvalue weighted by atomic mass is 9.89. The van der Waals surface area contributed by atoms with Crippen LogP contribution >= 0.6 is 22.6 Å². The summed E-state index contributed by atoms with van der Waals surface area (Å²) >= 11 is 2.18. The van der Waals surface area contributed by atoms with E-state index in [0.29, 0.717) is 30.7 Å². The lowest BCUT2D eigenvalue weighted by Gasteiger charge is -2.34. The molecular formula is C24H29IN2O5. The molecule has 172 valence electrons. The molecule has 3 rings (SSSR count). The van der Waals surface area contributed by atoms with Crippen molar-refractivity contribution in [3.8, 4) is 11.5 Å². The second-order valence-electron chi connectivity index (χ2n) is 7.50. The molecule has 0 aromatic heterocycles. The molecule has 0 heterocycles. The van der Waals surface area contributed by atoms with Gasteiger partial charge in [-0.2, -0.15) is 0 Å². The Morgan fingerprint density at radius 1 is 1.12 bits per heavy atom. The van der Waals surface area contributed by atoms with Gasteiger partial charge in [0.15, 0.2) is 0 Å². The molecule has 0 fully saturated rings. The summed E-state index contributed by atoms with van der Waals surface area (Å²) in [5.74, 6) is 1.21. The zero-order chi connectivity index (χ0) is 22.9. The highest BCUT2D eigenvalue weighted by Crippen LogP contribution is 2.27. The minimum atomic E-state index is -0.835. The molecule has 3 unspecified atom stereocenters. The second-order valence-corrected chi connectivity index (χ2v) is 8.66. The van der Waals surface area contributed by atoms with Crippen LogP contribution in [-0.4, -0.2) is 61.2 Å². The minimum Gasteiger partial charge on any atom is -0.496 e. The number of ether oxygens (including phenoxy) is 2. The summed E-state index contributed by atoms with van der Waals surface area (Å²) in [7, 11) is 1.64. The van der Waals surface area contributed by atoms with E-state index in [1.54, 1.807) is 13.2 Å². The van der Waals surface area contributed by atoms with E-state index >= 15 is 0 Å². The number of nitrogens with one attached hydrogen (secondary N) is 2. The predicted octanol–water partition coefficient (Wildman–Crippen LogP) is 2.05. The number of halogens is 1. The van der Waals surface area contributed by atoms with Gasteiger partial charge in [0.05, 0.1) is 17.3 Å². The summed E-state index contributed by atoms with van der Waals surface area (Å²) in [5, 5.41) is 26.1. The van der Waals surface area contributed by atoms with Crippen molar-refractivity contribution in [3.63, 3.8) is 0 Å². The molecule has 0 radical (unpaired) electrons. The normalized spacial score (nSPS) is 20.4. The molecule has 4 N–H and O–H groups in total. The highest BCUT2D eigenvalue weighted by atomic mass is 127. The molecule has 1 aliphatic rings. The van der Waals surface area contributed by atoms with Gasteiger partial charge in [-0.3, -0.25) is 4.79 Å². The molecule has 0 aliphatic heterocycles. The topological polar surface area (TPSA) is 100 Å². The average molecular weight is 552 g/mol. The second kappa shape index (κ2) is 12.2. The smallest absolute Gasteiger partial charge is 0.247 e. The van der Waals surface area contributed by atoms with Crippen LogP contribution in [0.15, 0.2) is 60.2 Å². The molecule has 3 atom stereocenters. The van der Waals surface area contributed by atoms with Gasteiger partial charge in [0.2, 0.25) is 5.91 Å². The van der Waals surface area contributed by atoms with Gasteiger partial charge < -0.3 is 30.3 Å². The first-order valence-corrected chi connectivity index (χ1v) is 11.7. The van der Waals surface area contributed by atoms with Crippen molar-refractivity contribution in [2.45, 2.75) is 31.1 Å². The first kappa shape index (κ1) is 24.5. The van der Waals surface area contributed by atoms with E-state index in [4.69, 9.17) is 14.6 Å². The van der Waals surface area contributed by atoms with Crippen molar-refractivity contribution in [1.29, 1.82) is 0 Å². The fraction of sp³-hybridized carbons (Fsp3) is 0.375. The summed E-state index contributed by atoms with van der Waals surface area (Å²) in [6.45, 7) is 0.639. The lowest BCUT2D eigenvalue weighted by molar-refractivity contribution is -0.118. The van der Waals surface area contributed by atoms with E-state index in [0.717, 1.165) is 14.9 Å². The van der Waals surface area contributed by atoms with Crippen LogP contribution in [0, 0.1) is 3.57 Å². The van der Waals surface area contributed by atoms with Gasteiger partial charge in [-0.1, -0.05) is 30.3 Å². The van der Waals surface area contributed by atoms with Crippen molar-refractivity contribution >= 4 is 28.5 Å². The van der Waals surface area contributed by atoms with E-state index in [1.165, 1.54) is 0 Å². The molecule has 32 heavy (non-hydrogen) atoms. The molecule has 0 saturated heterocycles. The van der Waals surface area contributed by atoms with Crippen molar-refractivity contribution in [2.24, 2.45) is 0 Å². The molecule has 0 spiro atoms. The molecule has 1 aliphatic carbocycles. The number of para-hydroxylation sites is 2. The Morgan fingerprint density at radius 2 is 1.84 bits per heavy atom. The van der Waals surface area contributed by atoms with Gasteiger partial charge in [-0.05, 0) is 71.8 Å². The van der Waals surface area contributed by atoms with E-state index < -0.39 is 12.2 Å². The molecule has 2 aromatic rings. The van der Waals surface area contributed by atoms with E-state index in [1.807, 2.05) is 48.5 Å². The van der Waals surface area contributed by atoms with Crippen LogP contribution in [0.4, 0.5) is 0 Å². The lowest BCUT2D eigenvalue weighted by Crippen LogP contribution is -2.52. The van der Waals surface area contributed by atoms with E-state index in [-0.39, 0.29) is 25.1 Å². The highest BCUT2D eigenvalue weighted by Gasteiger charge is 2.35. The third-order valence-electron chi connectivity index (χ3n) is 5.34. The van der Waals surface area contributed by atoms with Crippen LogP contribution in [0.5, 0.6) is 11.5 Å². The molecule has 8 heteroatoms. The Balaban J connectivity index is 1.73. The number of carbonyl (C=O) groups is 1. The molecule has 0 bridgehead atoms. The SMILES string of the molecule is COc1ccccc1CCNC1CC(C(=O)NCCO)=CC(Oc2ccccc2I)C1O. The predicted molar refractivity (Wildman–Crippen MR) is 131 cm³/mol. The minimum absolute atomic E-state index is 0.135. The Bertz CT molecular complexity index is 936. The van der Waals surface area contributed by atoms with Crippen LogP contribution in [0.25, 0.3) is 0 Å². The summed E-state index contributed by atoms with van der Waals surface area (Å²) in [6, 6.07) is 15.0. The molecule has 2 aromatic carbocycles. The maximum Gasteiger partial charge on any atom is 0.247 e. The summed E-state index contributed by atoms with van der Waals surface area (Å²) in [4.78, 5) is 12.6. The van der Waals surface area contributed by atoms with Gasteiger partial charge in [0.1, 0.15) is 23.7 Å². The third-order valence-corrected chi connectivity index (χ3v) is 6.23. The van der Waals surface area contributed by atoms with Crippen LogP contribution in [0.2, 0.25) is 0 Å². The van der Waals surface area contributed by atoms with Gasteiger partial charge in [-0.15, -0.1) is 0 Å². The van der Waals surface area contributed by atoms with Crippen LogP contribution < -0.4 is 20.1 Å². The number of hydrogen-bond donors (Lipinski definition) is 4. The number of carbonyl (C=O) groups excluding carboxylic acids is 1. The number of methoxy groups -OCH3 is 1. The molecule has 1 amide bonds. The van der Waals surface area contributed by atoms with E-state index in [2.05, 4.69) is 33.2 Å². The molecule has 0 saturated carbocycles. The van der Waals surface area contributed by atoms with Crippen molar-refractivity contribution in [1.82, 2.24) is 10.6 Å². The van der Waals surface area contributed by atoms with Crippen molar-refractivity contribution in [3.05, 3.63) is 69.3 Å². The summed E-state index contributed by atoms with van der Waals surface area (Å²) in [5.41, 5.74) is 1.59. The Labute approximate surface area is 202 Å². The molecular weight excluding hydrogens is 523 g/mol. The summed E-state index contributed by atoms with van der Waals surface area (Å²) in [6.07, 6.45) is 1.23. The van der Waals surface area contributed by atoms with Crippen LogP contribution in [0.3, 0.4) is 0 Å². The fourth-order valence-corrected chi connectivity index (χ4v) is 4.20. The highest BCUT2D eigenvalue weighted by molar-refractivity contribution is 14.1. The maximum atomic E-state index is 12.6. The number of aliphatic hydroxyl groups is 2. The van der Waals surface area contributed by atoms with Gasteiger partial charge >= 0.3 is 0 Å². The Morgan fingerprint density at radius 3 is 2.56 bits per heavy atom. The average Bonchev–Trinajstić information content (AvgIpc) is 2.81. The fourth-order valence-electron chi connectivity index (χ4n) is 3.69. The number of amides is 1. The number of aliphatic hydroxyl groups excluding tert-OH is 2.